The van der Waals surface area contributed by atoms with Gasteiger partial charge in [0.25, 0.3) is 0 Å². The van der Waals surface area contributed by atoms with Gasteiger partial charge in [-0.15, -0.1) is 0 Å². The molecule has 0 rings (SSSR count). The van der Waals surface area contributed by atoms with Crippen molar-refractivity contribution in [3.63, 3.8) is 0 Å². The van der Waals surface area contributed by atoms with Crippen LogP contribution >= 0.6 is 0 Å². The van der Waals surface area contributed by atoms with Gasteiger partial charge in [-0.05, 0) is 13.3 Å². The number of hydrogen-bond acceptors (Lipinski definition) is 3. The third kappa shape index (κ3) is 3.71. The molecular weight excluding hydrogens is 309 g/mol. The normalized spacial score (nSPS) is 15.8. The van der Waals surface area contributed by atoms with Gasteiger partial charge < -0.3 is 4.74 Å². The lowest BCUT2D eigenvalue weighted by Crippen LogP contribution is -2.58. The minimum Gasteiger partial charge on any atom is -0.312 e. The van der Waals surface area contributed by atoms with Crippen LogP contribution in [0, 0.1) is 0 Å². The number of ether oxygens (including phenoxy) is 1. The van der Waals surface area contributed by atoms with Crippen molar-refractivity contribution < 1.29 is 43.4 Å². The van der Waals surface area contributed by atoms with Crippen LogP contribution in [-0.4, -0.2) is 31.8 Å². The molecular formula is C8H13F7O3S. The molecule has 19 heavy (non-hydrogen) atoms. The highest BCUT2D eigenvalue weighted by Gasteiger charge is 2.79. The fraction of sp³-hybridized carbons (Fsp3) is 1.00. The highest BCUT2D eigenvalue weighted by Crippen LogP contribution is 2.49. The van der Waals surface area contributed by atoms with Crippen molar-refractivity contribution in [1.29, 1.82) is 0 Å². The summed E-state index contributed by atoms with van der Waals surface area (Å²) in [5, 5.41) is -6.60. The highest BCUT2D eigenvalue weighted by atomic mass is 32.3. The second-order valence-electron chi connectivity index (χ2n) is 3.38. The number of hydrogen-bond donors (Lipinski definition) is 0. The average molecular weight is 322 g/mol. The molecule has 0 aromatic heterocycles. The van der Waals surface area contributed by atoms with Crippen molar-refractivity contribution in [2.75, 3.05) is 0 Å². The molecule has 11 heteroatoms. The van der Waals surface area contributed by atoms with E-state index in [1.807, 2.05) is 0 Å². The van der Waals surface area contributed by atoms with E-state index in [9.17, 15) is 38.6 Å². The molecule has 0 aliphatic carbocycles. The van der Waals surface area contributed by atoms with Crippen molar-refractivity contribution in [1.82, 2.24) is 0 Å². The Morgan fingerprint density at radius 3 is 1.74 bits per heavy atom. The summed E-state index contributed by atoms with van der Waals surface area (Å²) in [7, 11) is -7.23. The smallest absolute Gasteiger partial charge is 0.312 e. The van der Waals surface area contributed by atoms with Gasteiger partial charge in [0, 0.05) is 0 Å². The van der Waals surface area contributed by atoms with Crippen LogP contribution in [-0.2, 0) is 15.0 Å². The van der Waals surface area contributed by atoms with E-state index < -0.39 is 33.6 Å². The fourth-order valence-corrected chi connectivity index (χ4v) is 1.16. The maximum absolute atomic E-state index is 12.8. The fourth-order valence-electron chi connectivity index (χ4n) is 0.733. The molecule has 0 aromatic rings. The summed E-state index contributed by atoms with van der Waals surface area (Å²) in [6.45, 7) is 2.09. The summed E-state index contributed by atoms with van der Waals surface area (Å²) in [5.41, 5.74) is 0. The molecule has 0 saturated heterocycles. The van der Waals surface area contributed by atoms with Gasteiger partial charge in [-0.1, -0.05) is 18.2 Å². The number of alkyl halides is 6. The van der Waals surface area contributed by atoms with Crippen LogP contribution in [0.15, 0.2) is 0 Å². The van der Waals surface area contributed by atoms with Crippen molar-refractivity contribution in [3.8, 4) is 0 Å². The van der Waals surface area contributed by atoms with Gasteiger partial charge in [-0.2, -0.15) is 34.8 Å². The van der Waals surface area contributed by atoms with E-state index >= 15 is 0 Å². The molecule has 0 aromatic carbocycles. The number of rotatable bonds is 6. The van der Waals surface area contributed by atoms with Gasteiger partial charge in [0.2, 0.25) is 0 Å². The Kier molecular flexibility index (Phi) is 6.35. The summed E-state index contributed by atoms with van der Waals surface area (Å²) in [5.74, 6) is -6.54. The second kappa shape index (κ2) is 5.81. The standard InChI is InChI=1S/C7H9F7O3S.CH4/c1-3-4(2)17-6(10,11)5(8,9)7(12,13)18(14,15)16;/h4H,3H2,1-2H3;1H4. The minimum atomic E-state index is -7.23. The Morgan fingerprint density at radius 1 is 1.11 bits per heavy atom. The average Bonchev–Trinajstić information content (AvgIpc) is 2.14. The van der Waals surface area contributed by atoms with Crippen LogP contribution in [0.4, 0.5) is 30.2 Å². The zero-order valence-corrected chi connectivity index (χ0v) is 9.88. The molecule has 0 aliphatic rings. The first kappa shape index (κ1) is 20.7. The molecule has 0 radical (unpaired) electrons. The number of halogens is 7. The lowest BCUT2D eigenvalue weighted by Gasteiger charge is -2.31. The van der Waals surface area contributed by atoms with Crippen molar-refractivity contribution >= 4 is 10.2 Å². The minimum absolute atomic E-state index is 0. The first-order chi connectivity index (χ1) is 7.70. The van der Waals surface area contributed by atoms with Crippen LogP contribution in [0.25, 0.3) is 0 Å². The highest BCUT2D eigenvalue weighted by molar-refractivity contribution is 7.87. The van der Waals surface area contributed by atoms with Gasteiger partial charge in [0.15, 0.2) is 0 Å². The van der Waals surface area contributed by atoms with Gasteiger partial charge >= 0.3 is 27.5 Å². The third-order valence-corrected chi connectivity index (χ3v) is 2.83. The molecule has 0 N–H and O–H groups in total. The maximum Gasteiger partial charge on any atom is 0.445 e. The lowest BCUT2D eigenvalue weighted by atomic mass is 10.3. The van der Waals surface area contributed by atoms with Crippen molar-refractivity contribution in [3.05, 3.63) is 0 Å². The second-order valence-corrected chi connectivity index (χ2v) is 4.77. The van der Waals surface area contributed by atoms with E-state index in [-0.39, 0.29) is 13.8 Å². The first-order valence-corrected chi connectivity index (χ1v) is 5.84. The van der Waals surface area contributed by atoms with E-state index in [1.165, 1.54) is 6.92 Å². The summed E-state index contributed by atoms with van der Waals surface area (Å²) in [4.78, 5) is 0. The Bertz CT molecular complexity index is 393. The van der Waals surface area contributed by atoms with Crippen LogP contribution < -0.4 is 0 Å². The SMILES string of the molecule is C.CCC(C)OC(F)(F)C(F)(F)C(F)(F)S(=O)(=O)F. The van der Waals surface area contributed by atoms with Gasteiger partial charge in [0.05, 0.1) is 6.10 Å². The Hall–Kier alpha value is -0.580. The summed E-state index contributed by atoms with van der Waals surface area (Å²) in [6, 6.07) is 0. The Balaban J connectivity index is 0. The topological polar surface area (TPSA) is 43.4 Å². The molecule has 3 nitrogen and oxygen atoms in total. The molecule has 0 bridgehead atoms. The van der Waals surface area contributed by atoms with Crippen molar-refractivity contribution in [2.24, 2.45) is 0 Å². The van der Waals surface area contributed by atoms with Gasteiger partial charge in [0.1, 0.15) is 0 Å². The Labute approximate surface area is 105 Å². The van der Waals surface area contributed by atoms with E-state index in [0.29, 0.717) is 0 Å². The molecule has 118 valence electrons. The van der Waals surface area contributed by atoms with Gasteiger partial charge in [-0.3, -0.25) is 0 Å². The monoisotopic (exact) mass is 322 g/mol. The lowest BCUT2D eigenvalue weighted by molar-refractivity contribution is -0.392. The molecule has 0 saturated carbocycles. The predicted octanol–water partition coefficient (Wildman–Crippen LogP) is 3.56. The predicted molar refractivity (Wildman–Crippen MR) is 52.4 cm³/mol. The van der Waals surface area contributed by atoms with Crippen LogP contribution in [0.1, 0.15) is 27.7 Å². The molecule has 0 aliphatic heterocycles. The molecule has 0 fully saturated rings. The van der Waals surface area contributed by atoms with Gasteiger partial charge in [-0.25, -0.2) is 0 Å². The first-order valence-electron chi connectivity index (χ1n) is 4.46. The molecule has 0 spiro atoms. The van der Waals surface area contributed by atoms with Crippen molar-refractivity contribution in [2.45, 2.75) is 51.1 Å². The quantitative estimate of drug-likeness (QED) is 0.555. The molecule has 1 atom stereocenters. The maximum atomic E-state index is 12.8. The summed E-state index contributed by atoms with van der Waals surface area (Å²) < 4.78 is 111. The zero-order valence-electron chi connectivity index (χ0n) is 9.06. The molecule has 0 heterocycles. The largest absolute Gasteiger partial charge is 0.445 e. The van der Waals surface area contributed by atoms with E-state index in [0.717, 1.165) is 6.92 Å². The van der Waals surface area contributed by atoms with E-state index in [2.05, 4.69) is 4.74 Å². The van der Waals surface area contributed by atoms with E-state index in [4.69, 9.17) is 0 Å². The summed E-state index contributed by atoms with van der Waals surface area (Å²) >= 11 is 0. The molecule has 1 unspecified atom stereocenters. The summed E-state index contributed by atoms with van der Waals surface area (Å²) in [6.07, 6.45) is -7.64. The van der Waals surface area contributed by atoms with Crippen LogP contribution in [0.2, 0.25) is 0 Å². The van der Waals surface area contributed by atoms with Crippen LogP contribution in [0.3, 0.4) is 0 Å². The third-order valence-electron chi connectivity index (χ3n) is 1.96. The van der Waals surface area contributed by atoms with E-state index in [1.54, 1.807) is 0 Å². The van der Waals surface area contributed by atoms with Crippen LogP contribution in [0.5, 0.6) is 0 Å². The Morgan fingerprint density at radius 2 is 1.47 bits per heavy atom. The molecule has 0 amide bonds. The zero-order chi connectivity index (χ0) is 15.0.